The van der Waals surface area contributed by atoms with E-state index < -0.39 is 0 Å². The van der Waals surface area contributed by atoms with E-state index in [0.717, 1.165) is 24.6 Å². The van der Waals surface area contributed by atoms with Gasteiger partial charge in [-0.25, -0.2) is 4.39 Å². The zero-order valence-corrected chi connectivity index (χ0v) is 10.8. The quantitative estimate of drug-likeness (QED) is 0.869. The Morgan fingerprint density at radius 3 is 2.89 bits per heavy atom. The fraction of sp³-hybridized carbons (Fsp3) is 0.267. The molecule has 3 nitrogen and oxygen atoms in total. The second-order valence-electron chi connectivity index (χ2n) is 4.49. The third-order valence-electron chi connectivity index (χ3n) is 3.04. The standard InChI is InChI=1S/C15H17FN2O/c1-11(14-5-4-13(19)9-15(14)16)18-8-6-12-3-2-7-17-10-12/h2-5,7,9-11,18-19H,6,8H2,1H3. The van der Waals surface area contributed by atoms with Crippen LogP contribution in [0.1, 0.15) is 24.1 Å². The van der Waals surface area contributed by atoms with Gasteiger partial charge >= 0.3 is 0 Å². The molecule has 0 spiro atoms. The van der Waals surface area contributed by atoms with E-state index in [1.165, 1.54) is 6.07 Å². The van der Waals surface area contributed by atoms with Crippen LogP contribution in [0.4, 0.5) is 4.39 Å². The Bertz CT molecular complexity index is 531. The van der Waals surface area contributed by atoms with Crippen LogP contribution in [0.3, 0.4) is 0 Å². The molecule has 1 atom stereocenters. The molecule has 2 N–H and O–H groups in total. The zero-order valence-electron chi connectivity index (χ0n) is 10.8. The Morgan fingerprint density at radius 2 is 2.21 bits per heavy atom. The lowest BCUT2D eigenvalue weighted by Crippen LogP contribution is -2.22. The first-order chi connectivity index (χ1) is 9.16. The van der Waals surface area contributed by atoms with E-state index in [1.54, 1.807) is 12.3 Å². The molecule has 1 aromatic heterocycles. The van der Waals surface area contributed by atoms with Crippen molar-refractivity contribution in [3.05, 3.63) is 59.7 Å². The monoisotopic (exact) mass is 260 g/mol. The van der Waals surface area contributed by atoms with E-state index >= 15 is 0 Å². The molecule has 1 aromatic carbocycles. The zero-order chi connectivity index (χ0) is 13.7. The number of aromatic nitrogens is 1. The minimum Gasteiger partial charge on any atom is -0.508 e. The smallest absolute Gasteiger partial charge is 0.131 e. The number of pyridine rings is 1. The van der Waals surface area contributed by atoms with Crippen molar-refractivity contribution in [1.82, 2.24) is 10.3 Å². The van der Waals surface area contributed by atoms with Gasteiger partial charge in [-0.3, -0.25) is 4.98 Å². The molecule has 1 heterocycles. The van der Waals surface area contributed by atoms with Gasteiger partial charge in [-0.15, -0.1) is 0 Å². The van der Waals surface area contributed by atoms with Crippen molar-refractivity contribution >= 4 is 0 Å². The van der Waals surface area contributed by atoms with E-state index in [1.807, 2.05) is 25.3 Å². The van der Waals surface area contributed by atoms with E-state index in [2.05, 4.69) is 10.3 Å². The van der Waals surface area contributed by atoms with E-state index in [0.29, 0.717) is 5.56 Å². The third kappa shape index (κ3) is 3.76. The van der Waals surface area contributed by atoms with Gasteiger partial charge in [0.2, 0.25) is 0 Å². The molecule has 1 unspecified atom stereocenters. The number of hydrogen-bond donors (Lipinski definition) is 2. The predicted octanol–water partition coefficient (Wildman–Crippen LogP) is 2.82. The van der Waals surface area contributed by atoms with Crippen molar-refractivity contribution in [3.63, 3.8) is 0 Å². The molecule has 0 aliphatic heterocycles. The van der Waals surface area contributed by atoms with Crippen LogP contribution in [0.2, 0.25) is 0 Å². The van der Waals surface area contributed by atoms with Gasteiger partial charge in [-0.05, 0) is 37.6 Å². The first kappa shape index (κ1) is 13.5. The number of phenols is 1. The Labute approximate surface area is 112 Å². The molecule has 0 bridgehead atoms. The molecule has 0 radical (unpaired) electrons. The van der Waals surface area contributed by atoms with Crippen molar-refractivity contribution in [2.75, 3.05) is 6.54 Å². The van der Waals surface area contributed by atoms with Crippen LogP contribution >= 0.6 is 0 Å². The van der Waals surface area contributed by atoms with Crippen molar-refractivity contribution in [2.45, 2.75) is 19.4 Å². The van der Waals surface area contributed by atoms with Gasteiger partial charge in [-0.1, -0.05) is 12.1 Å². The number of halogens is 1. The fourth-order valence-electron chi connectivity index (χ4n) is 1.96. The average Bonchev–Trinajstić information content (AvgIpc) is 2.39. The van der Waals surface area contributed by atoms with Crippen LogP contribution < -0.4 is 5.32 Å². The van der Waals surface area contributed by atoms with Gasteiger partial charge in [0.05, 0.1) is 0 Å². The second-order valence-corrected chi connectivity index (χ2v) is 4.49. The van der Waals surface area contributed by atoms with Crippen LogP contribution in [0.5, 0.6) is 5.75 Å². The number of aromatic hydroxyl groups is 1. The number of phenolic OH excluding ortho intramolecular Hbond substituents is 1. The highest BCUT2D eigenvalue weighted by atomic mass is 19.1. The van der Waals surface area contributed by atoms with Crippen LogP contribution in [0.15, 0.2) is 42.7 Å². The summed E-state index contributed by atoms with van der Waals surface area (Å²) in [7, 11) is 0. The summed E-state index contributed by atoms with van der Waals surface area (Å²) in [6, 6.07) is 8.05. The first-order valence-electron chi connectivity index (χ1n) is 6.27. The van der Waals surface area contributed by atoms with Gasteiger partial charge in [0.15, 0.2) is 0 Å². The Morgan fingerprint density at radius 1 is 1.37 bits per heavy atom. The van der Waals surface area contributed by atoms with Gasteiger partial charge in [0.1, 0.15) is 11.6 Å². The SMILES string of the molecule is CC(NCCc1cccnc1)c1ccc(O)cc1F. The number of nitrogens with one attached hydrogen (secondary N) is 1. The van der Waals surface area contributed by atoms with E-state index in [-0.39, 0.29) is 17.6 Å². The highest BCUT2D eigenvalue weighted by Crippen LogP contribution is 2.20. The average molecular weight is 260 g/mol. The molecule has 4 heteroatoms. The molecule has 0 aliphatic rings. The molecular weight excluding hydrogens is 243 g/mol. The predicted molar refractivity (Wildman–Crippen MR) is 72.4 cm³/mol. The molecule has 0 aliphatic carbocycles. The summed E-state index contributed by atoms with van der Waals surface area (Å²) >= 11 is 0. The molecule has 2 aromatic rings. The Balaban J connectivity index is 1.89. The largest absolute Gasteiger partial charge is 0.508 e. The Hall–Kier alpha value is -1.94. The summed E-state index contributed by atoms with van der Waals surface area (Å²) in [5.41, 5.74) is 1.71. The number of nitrogens with zero attached hydrogens (tertiary/aromatic N) is 1. The minimum atomic E-state index is -0.388. The van der Waals surface area contributed by atoms with Gasteiger partial charge < -0.3 is 10.4 Å². The maximum absolute atomic E-state index is 13.6. The molecule has 0 saturated heterocycles. The summed E-state index contributed by atoms with van der Waals surface area (Å²) in [5.74, 6) is -0.440. The first-order valence-corrected chi connectivity index (χ1v) is 6.27. The normalized spacial score (nSPS) is 12.3. The molecule has 100 valence electrons. The lowest BCUT2D eigenvalue weighted by molar-refractivity contribution is 0.464. The highest BCUT2D eigenvalue weighted by molar-refractivity contribution is 5.29. The van der Waals surface area contributed by atoms with Gasteiger partial charge in [0, 0.05) is 30.1 Å². The summed E-state index contributed by atoms with van der Waals surface area (Å²) < 4.78 is 13.6. The van der Waals surface area contributed by atoms with Gasteiger partial charge in [-0.2, -0.15) is 0 Å². The summed E-state index contributed by atoms with van der Waals surface area (Å²) in [6.07, 6.45) is 4.41. The lowest BCUT2D eigenvalue weighted by Gasteiger charge is -2.15. The van der Waals surface area contributed by atoms with E-state index in [9.17, 15) is 9.50 Å². The summed E-state index contributed by atoms with van der Waals surface area (Å²) in [4.78, 5) is 4.05. The molecule has 0 saturated carbocycles. The van der Waals surface area contributed by atoms with Crippen molar-refractivity contribution in [2.24, 2.45) is 0 Å². The number of hydrogen-bond acceptors (Lipinski definition) is 3. The maximum Gasteiger partial charge on any atom is 0.131 e. The minimum absolute atomic E-state index is 0.0520. The summed E-state index contributed by atoms with van der Waals surface area (Å²) in [5, 5.41) is 12.4. The van der Waals surface area contributed by atoms with Crippen LogP contribution in [0, 0.1) is 5.82 Å². The maximum atomic E-state index is 13.6. The second kappa shape index (κ2) is 6.29. The van der Waals surface area contributed by atoms with Crippen molar-refractivity contribution in [1.29, 1.82) is 0 Å². The molecule has 19 heavy (non-hydrogen) atoms. The topological polar surface area (TPSA) is 45.2 Å². The summed E-state index contributed by atoms with van der Waals surface area (Å²) in [6.45, 7) is 2.64. The highest BCUT2D eigenvalue weighted by Gasteiger charge is 2.10. The lowest BCUT2D eigenvalue weighted by atomic mass is 10.1. The van der Waals surface area contributed by atoms with Crippen molar-refractivity contribution < 1.29 is 9.50 Å². The molecular formula is C15H17FN2O. The van der Waals surface area contributed by atoms with Gasteiger partial charge in [0.25, 0.3) is 0 Å². The number of rotatable bonds is 5. The van der Waals surface area contributed by atoms with Crippen LogP contribution in [-0.2, 0) is 6.42 Å². The molecule has 2 rings (SSSR count). The van der Waals surface area contributed by atoms with Crippen LogP contribution in [0.25, 0.3) is 0 Å². The van der Waals surface area contributed by atoms with E-state index in [4.69, 9.17) is 0 Å². The fourth-order valence-corrected chi connectivity index (χ4v) is 1.96. The third-order valence-corrected chi connectivity index (χ3v) is 3.04. The van der Waals surface area contributed by atoms with Crippen molar-refractivity contribution in [3.8, 4) is 5.75 Å². The van der Waals surface area contributed by atoms with Crippen LogP contribution in [-0.4, -0.2) is 16.6 Å². The number of benzene rings is 1. The molecule has 0 fully saturated rings. The molecule has 0 amide bonds. The Kier molecular flexibility index (Phi) is 4.47.